The lowest BCUT2D eigenvalue weighted by Crippen LogP contribution is -2.20. The minimum atomic E-state index is -0.668. The summed E-state index contributed by atoms with van der Waals surface area (Å²) < 4.78 is 4.92. The first kappa shape index (κ1) is 10.9. The molecule has 0 atom stereocenters. The molecule has 0 aliphatic heterocycles. The molecule has 0 saturated heterocycles. The van der Waals surface area contributed by atoms with Gasteiger partial charge in [0.05, 0.1) is 6.61 Å². The monoisotopic (exact) mass is 218 g/mol. The molecule has 2 rings (SSSR count). The molecule has 3 nitrogen and oxygen atoms in total. The van der Waals surface area contributed by atoms with Crippen LogP contribution >= 0.6 is 0 Å². The predicted molar refractivity (Wildman–Crippen MR) is 58.8 cm³/mol. The first-order chi connectivity index (χ1) is 7.77. The van der Waals surface area contributed by atoms with Crippen LogP contribution in [0.15, 0.2) is 30.3 Å². The predicted octanol–water partition coefficient (Wildman–Crippen LogP) is 1.75. The molecule has 16 heavy (non-hydrogen) atoms. The SMILES string of the molecule is O=C(OCCc1ccccc1)C(=O)C1CC1. The molecule has 0 bridgehead atoms. The van der Waals surface area contributed by atoms with E-state index in [1.807, 2.05) is 30.3 Å². The molecule has 0 radical (unpaired) electrons. The van der Waals surface area contributed by atoms with E-state index in [0.29, 0.717) is 6.42 Å². The quantitative estimate of drug-likeness (QED) is 0.558. The maximum atomic E-state index is 11.3. The van der Waals surface area contributed by atoms with E-state index in [1.165, 1.54) is 0 Å². The minimum absolute atomic E-state index is 0.0516. The van der Waals surface area contributed by atoms with Crippen molar-refractivity contribution in [3.63, 3.8) is 0 Å². The third-order valence-corrected chi connectivity index (χ3v) is 2.62. The van der Waals surface area contributed by atoms with Crippen LogP contribution in [0.1, 0.15) is 18.4 Å². The van der Waals surface area contributed by atoms with Crippen LogP contribution in [0.2, 0.25) is 0 Å². The molecule has 1 aliphatic carbocycles. The maximum absolute atomic E-state index is 11.3. The van der Waals surface area contributed by atoms with Crippen molar-refractivity contribution in [1.82, 2.24) is 0 Å². The van der Waals surface area contributed by atoms with E-state index < -0.39 is 5.97 Å². The summed E-state index contributed by atoms with van der Waals surface area (Å²) in [5.74, 6) is -1.07. The number of esters is 1. The highest BCUT2D eigenvalue weighted by Gasteiger charge is 2.35. The Bertz CT molecular complexity index is 379. The van der Waals surface area contributed by atoms with E-state index in [-0.39, 0.29) is 18.3 Å². The van der Waals surface area contributed by atoms with E-state index in [9.17, 15) is 9.59 Å². The molecule has 0 unspecified atom stereocenters. The number of ether oxygens (including phenoxy) is 1. The van der Waals surface area contributed by atoms with Crippen molar-refractivity contribution in [2.75, 3.05) is 6.61 Å². The van der Waals surface area contributed by atoms with E-state index in [0.717, 1.165) is 18.4 Å². The number of hydrogen-bond acceptors (Lipinski definition) is 3. The van der Waals surface area contributed by atoms with Crippen LogP contribution in [0.25, 0.3) is 0 Å². The average molecular weight is 218 g/mol. The molecule has 1 aromatic carbocycles. The van der Waals surface area contributed by atoms with Crippen molar-refractivity contribution in [3.8, 4) is 0 Å². The van der Waals surface area contributed by atoms with Crippen molar-refractivity contribution < 1.29 is 14.3 Å². The summed E-state index contributed by atoms with van der Waals surface area (Å²) in [4.78, 5) is 22.5. The van der Waals surface area contributed by atoms with Gasteiger partial charge in [0.15, 0.2) is 0 Å². The summed E-state index contributed by atoms with van der Waals surface area (Å²) in [6.07, 6.45) is 2.34. The van der Waals surface area contributed by atoms with Crippen LogP contribution in [0.5, 0.6) is 0 Å². The van der Waals surface area contributed by atoms with Crippen LogP contribution < -0.4 is 0 Å². The summed E-state index contributed by atoms with van der Waals surface area (Å²) in [6.45, 7) is 0.279. The van der Waals surface area contributed by atoms with Gasteiger partial charge in [0.1, 0.15) is 0 Å². The van der Waals surface area contributed by atoms with Crippen LogP contribution in [0.4, 0.5) is 0 Å². The third kappa shape index (κ3) is 2.92. The van der Waals surface area contributed by atoms with Gasteiger partial charge in [0.2, 0.25) is 5.78 Å². The van der Waals surface area contributed by atoms with Crippen molar-refractivity contribution in [2.45, 2.75) is 19.3 Å². The smallest absolute Gasteiger partial charge is 0.374 e. The Morgan fingerprint density at radius 3 is 2.50 bits per heavy atom. The molecular formula is C13H14O3. The molecule has 0 aromatic heterocycles. The standard InChI is InChI=1S/C13H14O3/c14-12(11-6-7-11)13(15)16-9-8-10-4-2-1-3-5-10/h1-5,11H,6-9H2. The van der Waals surface area contributed by atoms with Crippen LogP contribution in [0, 0.1) is 5.92 Å². The fourth-order valence-corrected chi connectivity index (χ4v) is 1.49. The number of carbonyl (C=O) groups excluding carboxylic acids is 2. The molecule has 0 amide bonds. The number of hydrogen-bond donors (Lipinski definition) is 0. The first-order valence-electron chi connectivity index (χ1n) is 5.52. The molecule has 3 heteroatoms. The van der Waals surface area contributed by atoms with Gasteiger partial charge in [-0.25, -0.2) is 4.79 Å². The number of Topliss-reactive ketones (excluding diaryl/α,β-unsaturated/α-hetero) is 1. The third-order valence-electron chi connectivity index (χ3n) is 2.62. The Morgan fingerprint density at radius 2 is 1.88 bits per heavy atom. The van der Waals surface area contributed by atoms with E-state index in [4.69, 9.17) is 4.74 Å². The highest BCUT2D eigenvalue weighted by molar-refractivity contribution is 6.35. The summed E-state index contributed by atoms with van der Waals surface area (Å²) in [5.41, 5.74) is 1.11. The van der Waals surface area contributed by atoms with Crippen molar-refractivity contribution in [2.24, 2.45) is 5.92 Å². The Morgan fingerprint density at radius 1 is 1.19 bits per heavy atom. The topological polar surface area (TPSA) is 43.4 Å². The van der Waals surface area contributed by atoms with Gasteiger partial charge in [-0.1, -0.05) is 30.3 Å². The highest BCUT2D eigenvalue weighted by Crippen LogP contribution is 2.30. The molecule has 1 fully saturated rings. The van der Waals surface area contributed by atoms with Gasteiger partial charge in [-0.2, -0.15) is 0 Å². The normalized spacial score (nSPS) is 14.5. The molecule has 0 heterocycles. The minimum Gasteiger partial charge on any atom is -0.460 e. The maximum Gasteiger partial charge on any atom is 0.374 e. The number of benzene rings is 1. The second kappa shape index (κ2) is 4.92. The molecule has 1 aromatic rings. The highest BCUT2D eigenvalue weighted by atomic mass is 16.5. The van der Waals surface area contributed by atoms with Gasteiger partial charge in [0.25, 0.3) is 0 Å². The number of ketones is 1. The van der Waals surface area contributed by atoms with Gasteiger partial charge < -0.3 is 4.74 Å². The average Bonchev–Trinajstić information content (AvgIpc) is 3.13. The Balaban J connectivity index is 1.71. The summed E-state index contributed by atoms with van der Waals surface area (Å²) in [6, 6.07) is 9.75. The number of rotatable bonds is 5. The van der Waals surface area contributed by atoms with Crippen LogP contribution in [-0.2, 0) is 20.7 Å². The van der Waals surface area contributed by atoms with Gasteiger partial charge in [-0.05, 0) is 18.4 Å². The fourth-order valence-electron chi connectivity index (χ4n) is 1.49. The summed E-state index contributed by atoms with van der Waals surface area (Å²) >= 11 is 0. The van der Waals surface area contributed by atoms with E-state index in [2.05, 4.69) is 0 Å². The Labute approximate surface area is 94.4 Å². The Hall–Kier alpha value is -1.64. The lowest BCUT2D eigenvalue weighted by molar-refractivity contribution is -0.154. The second-order valence-corrected chi connectivity index (χ2v) is 4.01. The lowest BCUT2D eigenvalue weighted by atomic mass is 10.2. The zero-order valence-corrected chi connectivity index (χ0v) is 9.02. The summed E-state index contributed by atoms with van der Waals surface area (Å²) in [5, 5.41) is 0. The van der Waals surface area contributed by atoms with Crippen molar-refractivity contribution in [1.29, 1.82) is 0 Å². The zero-order valence-electron chi connectivity index (χ0n) is 9.02. The molecule has 0 N–H and O–H groups in total. The van der Waals surface area contributed by atoms with E-state index >= 15 is 0 Å². The first-order valence-corrected chi connectivity index (χ1v) is 5.52. The molecule has 1 saturated carbocycles. The van der Waals surface area contributed by atoms with Gasteiger partial charge in [-0.15, -0.1) is 0 Å². The zero-order chi connectivity index (χ0) is 11.4. The van der Waals surface area contributed by atoms with Crippen LogP contribution in [0.3, 0.4) is 0 Å². The number of carbonyl (C=O) groups is 2. The molecular weight excluding hydrogens is 204 g/mol. The van der Waals surface area contributed by atoms with Gasteiger partial charge in [-0.3, -0.25) is 4.79 Å². The van der Waals surface area contributed by atoms with E-state index in [1.54, 1.807) is 0 Å². The molecule has 1 aliphatic rings. The summed E-state index contributed by atoms with van der Waals surface area (Å²) in [7, 11) is 0. The van der Waals surface area contributed by atoms with Gasteiger partial charge in [0, 0.05) is 12.3 Å². The largest absolute Gasteiger partial charge is 0.460 e. The molecule has 84 valence electrons. The van der Waals surface area contributed by atoms with Gasteiger partial charge >= 0.3 is 5.97 Å². The van der Waals surface area contributed by atoms with Crippen molar-refractivity contribution in [3.05, 3.63) is 35.9 Å². The fraction of sp³-hybridized carbons (Fsp3) is 0.385. The van der Waals surface area contributed by atoms with Crippen molar-refractivity contribution >= 4 is 11.8 Å². The Kier molecular flexibility index (Phi) is 3.34. The molecule has 0 spiro atoms. The van der Waals surface area contributed by atoms with Crippen LogP contribution in [-0.4, -0.2) is 18.4 Å². The lowest BCUT2D eigenvalue weighted by Gasteiger charge is -2.03. The second-order valence-electron chi connectivity index (χ2n) is 4.01.